The summed E-state index contributed by atoms with van der Waals surface area (Å²) in [6.07, 6.45) is 0.913. The van der Waals surface area contributed by atoms with Crippen LogP contribution in [0.15, 0.2) is 24.3 Å². The number of benzene rings is 1. The van der Waals surface area contributed by atoms with Gasteiger partial charge in [-0.05, 0) is 37.0 Å². The molecule has 1 heterocycles. The standard InChI is InChI=1S/C18H26N2O3/c1-13(2)14-5-7-15(8-6-14)20-16(21)9-10-18(20,3)17(22)19-11-12-23-4/h5-8,13H,9-12H2,1-4H3,(H,19,22). The molecule has 1 aromatic rings. The molecular formula is C18H26N2O3. The van der Waals surface area contributed by atoms with E-state index in [2.05, 4.69) is 19.2 Å². The third-order valence-electron chi connectivity index (χ3n) is 4.47. The summed E-state index contributed by atoms with van der Waals surface area (Å²) in [5, 5.41) is 2.86. The molecule has 1 unspecified atom stereocenters. The zero-order valence-corrected chi connectivity index (χ0v) is 14.4. The Morgan fingerprint density at radius 3 is 2.57 bits per heavy atom. The lowest BCUT2D eigenvalue weighted by atomic mass is 9.96. The number of anilines is 1. The Kier molecular flexibility index (Phi) is 5.42. The molecule has 126 valence electrons. The fourth-order valence-corrected chi connectivity index (χ4v) is 2.96. The molecule has 1 aliphatic heterocycles. The van der Waals surface area contributed by atoms with E-state index in [-0.39, 0.29) is 11.8 Å². The zero-order chi connectivity index (χ0) is 17.0. The van der Waals surface area contributed by atoms with Gasteiger partial charge in [-0.3, -0.25) is 14.5 Å². The topological polar surface area (TPSA) is 58.6 Å². The molecule has 5 heteroatoms. The van der Waals surface area contributed by atoms with Crippen LogP contribution in [0, 0.1) is 0 Å². The van der Waals surface area contributed by atoms with Gasteiger partial charge in [0.05, 0.1) is 6.61 Å². The third-order valence-corrected chi connectivity index (χ3v) is 4.47. The highest BCUT2D eigenvalue weighted by Gasteiger charge is 2.47. The molecular weight excluding hydrogens is 292 g/mol. The Labute approximate surface area is 138 Å². The molecule has 0 saturated carbocycles. The van der Waals surface area contributed by atoms with Gasteiger partial charge >= 0.3 is 0 Å². The van der Waals surface area contributed by atoms with Gasteiger partial charge in [-0.2, -0.15) is 0 Å². The summed E-state index contributed by atoms with van der Waals surface area (Å²) in [6, 6.07) is 7.90. The molecule has 0 bridgehead atoms. The molecule has 1 saturated heterocycles. The Morgan fingerprint density at radius 2 is 2.00 bits per heavy atom. The van der Waals surface area contributed by atoms with E-state index >= 15 is 0 Å². The van der Waals surface area contributed by atoms with Crippen molar-refractivity contribution in [1.29, 1.82) is 0 Å². The number of hydrogen-bond acceptors (Lipinski definition) is 3. The third kappa shape index (κ3) is 3.55. The maximum atomic E-state index is 12.6. The SMILES string of the molecule is COCCNC(=O)C1(C)CCC(=O)N1c1ccc(C(C)C)cc1. The van der Waals surface area contributed by atoms with Crippen molar-refractivity contribution in [2.75, 3.05) is 25.2 Å². The van der Waals surface area contributed by atoms with Gasteiger partial charge in [0.1, 0.15) is 5.54 Å². The van der Waals surface area contributed by atoms with Crippen molar-refractivity contribution in [1.82, 2.24) is 5.32 Å². The first kappa shape index (κ1) is 17.5. The Morgan fingerprint density at radius 1 is 1.35 bits per heavy atom. The van der Waals surface area contributed by atoms with Crippen molar-refractivity contribution in [2.45, 2.75) is 45.1 Å². The second-order valence-corrected chi connectivity index (χ2v) is 6.50. The molecule has 1 aromatic carbocycles. The first-order chi connectivity index (χ1) is 10.9. The van der Waals surface area contributed by atoms with Gasteiger partial charge in [0, 0.05) is 25.8 Å². The zero-order valence-electron chi connectivity index (χ0n) is 14.4. The average molecular weight is 318 g/mol. The van der Waals surface area contributed by atoms with E-state index in [1.807, 2.05) is 31.2 Å². The minimum absolute atomic E-state index is 0.00770. The summed E-state index contributed by atoms with van der Waals surface area (Å²) in [5.74, 6) is 0.294. The van der Waals surface area contributed by atoms with Gasteiger partial charge in [-0.1, -0.05) is 26.0 Å². The number of hydrogen-bond donors (Lipinski definition) is 1. The molecule has 23 heavy (non-hydrogen) atoms. The molecule has 2 rings (SSSR count). The summed E-state index contributed by atoms with van der Waals surface area (Å²) in [4.78, 5) is 26.6. The molecule has 1 N–H and O–H groups in total. The fourth-order valence-electron chi connectivity index (χ4n) is 2.96. The number of ether oxygens (including phenoxy) is 1. The Hall–Kier alpha value is -1.88. The summed E-state index contributed by atoms with van der Waals surface area (Å²) in [6.45, 7) is 6.99. The van der Waals surface area contributed by atoms with Crippen LogP contribution in [-0.4, -0.2) is 37.6 Å². The van der Waals surface area contributed by atoms with E-state index in [9.17, 15) is 9.59 Å². The van der Waals surface area contributed by atoms with Crippen molar-refractivity contribution < 1.29 is 14.3 Å². The molecule has 5 nitrogen and oxygen atoms in total. The van der Waals surface area contributed by atoms with Gasteiger partial charge in [-0.15, -0.1) is 0 Å². The van der Waals surface area contributed by atoms with Crippen LogP contribution >= 0.6 is 0 Å². The minimum atomic E-state index is -0.843. The van der Waals surface area contributed by atoms with Crippen LogP contribution in [0.25, 0.3) is 0 Å². The average Bonchev–Trinajstić information content (AvgIpc) is 2.84. The van der Waals surface area contributed by atoms with Crippen LogP contribution in [0.3, 0.4) is 0 Å². The van der Waals surface area contributed by atoms with Crippen molar-refractivity contribution >= 4 is 17.5 Å². The Balaban J connectivity index is 2.23. The van der Waals surface area contributed by atoms with Crippen LogP contribution in [0.4, 0.5) is 5.69 Å². The number of nitrogens with zero attached hydrogens (tertiary/aromatic N) is 1. The van der Waals surface area contributed by atoms with Crippen molar-refractivity contribution in [3.8, 4) is 0 Å². The smallest absolute Gasteiger partial charge is 0.246 e. The summed E-state index contributed by atoms with van der Waals surface area (Å²) in [7, 11) is 1.59. The summed E-state index contributed by atoms with van der Waals surface area (Å²) >= 11 is 0. The number of nitrogens with one attached hydrogen (secondary N) is 1. The van der Waals surface area contributed by atoms with Crippen molar-refractivity contribution in [3.63, 3.8) is 0 Å². The van der Waals surface area contributed by atoms with Gasteiger partial charge in [0.25, 0.3) is 0 Å². The molecule has 0 aromatic heterocycles. The highest BCUT2D eigenvalue weighted by Crippen LogP contribution is 2.35. The van der Waals surface area contributed by atoms with Crippen LogP contribution in [0.5, 0.6) is 0 Å². The number of amides is 2. The highest BCUT2D eigenvalue weighted by molar-refractivity contribution is 6.06. The first-order valence-corrected chi connectivity index (χ1v) is 8.10. The van der Waals surface area contributed by atoms with Crippen LogP contribution < -0.4 is 10.2 Å². The van der Waals surface area contributed by atoms with E-state index in [0.717, 1.165) is 5.69 Å². The maximum Gasteiger partial charge on any atom is 0.246 e. The highest BCUT2D eigenvalue weighted by atomic mass is 16.5. The summed E-state index contributed by atoms with van der Waals surface area (Å²) < 4.78 is 4.96. The first-order valence-electron chi connectivity index (χ1n) is 8.10. The van der Waals surface area contributed by atoms with Gasteiger partial charge in [0.15, 0.2) is 0 Å². The van der Waals surface area contributed by atoms with Crippen molar-refractivity contribution in [2.24, 2.45) is 0 Å². The lowest BCUT2D eigenvalue weighted by molar-refractivity contribution is -0.127. The van der Waals surface area contributed by atoms with Crippen molar-refractivity contribution in [3.05, 3.63) is 29.8 Å². The van der Waals surface area contributed by atoms with Crippen LogP contribution in [0.2, 0.25) is 0 Å². The van der Waals surface area contributed by atoms with E-state index in [1.165, 1.54) is 5.56 Å². The predicted octanol–water partition coefficient (Wildman–Crippen LogP) is 2.46. The summed E-state index contributed by atoms with van der Waals surface area (Å²) in [5.41, 5.74) is 1.15. The second-order valence-electron chi connectivity index (χ2n) is 6.50. The van der Waals surface area contributed by atoms with E-state index in [0.29, 0.717) is 31.9 Å². The molecule has 0 radical (unpaired) electrons. The molecule has 0 spiro atoms. The number of carbonyl (C=O) groups is 2. The van der Waals surface area contributed by atoms with Gasteiger partial charge < -0.3 is 10.1 Å². The fraction of sp³-hybridized carbons (Fsp3) is 0.556. The minimum Gasteiger partial charge on any atom is -0.383 e. The molecule has 0 aliphatic carbocycles. The predicted molar refractivity (Wildman–Crippen MR) is 90.5 cm³/mol. The maximum absolute atomic E-state index is 12.6. The van der Waals surface area contributed by atoms with Gasteiger partial charge in [-0.25, -0.2) is 0 Å². The number of rotatable bonds is 6. The van der Waals surface area contributed by atoms with Gasteiger partial charge in [0.2, 0.25) is 11.8 Å². The quantitative estimate of drug-likeness (QED) is 0.820. The van der Waals surface area contributed by atoms with E-state index in [1.54, 1.807) is 12.0 Å². The number of carbonyl (C=O) groups excluding carboxylic acids is 2. The Bertz CT molecular complexity index is 568. The van der Waals surface area contributed by atoms with E-state index < -0.39 is 5.54 Å². The monoisotopic (exact) mass is 318 g/mol. The lowest BCUT2D eigenvalue weighted by Crippen LogP contribution is -2.55. The largest absolute Gasteiger partial charge is 0.383 e. The normalized spacial score (nSPS) is 21.1. The van der Waals surface area contributed by atoms with Crippen LogP contribution in [0.1, 0.15) is 45.1 Å². The molecule has 1 fully saturated rings. The van der Waals surface area contributed by atoms with E-state index in [4.69, 9.17) is 4.74 Å². The van der Waals surface area contributed by atoms with Crippen LogP contribution in [-0.2, 0) is 14.3 Å². The molecule has 1 atom stereocenters. The molecule has 2 amide bonds. The second kappa shape index (κ2) is 7.13. The molecule has 1 aliphatic rings. The number of methoxy groups -OCH3 is 1. The lowest BCUT2D eigenvalue weighted by Gasteiger charge is -2.34.